The van der Waals surface area contributed by atoms with Crippen LogP contribution in [0.1, 0.15) is 10.4 Å². The Labute approximate surface area is 145 Å². The van der Waals surface area contributed by atoms with Crippen molar-refractivity contribution in [2.24, 2.45) is 5.92 Å². The molecular weight excluding hydrogens is 363 g/mol. The average molecular weight is 381 g/mol. The van der Waals surface area contributed by atoms with Gasteiger partial charge in [0.05, 0.1) is 40.6 Å². The lowest BCUT2D eigenvalue weighted by molar-refractivity contribution is 0.0926. The third kappa shape index (κ3) is 4.36. The third-order valence-corrected chi connectivity index (χ3v) is 6.47. The monoisotopic (exact) mass is 380 g/mol. The van der Waals surface area contributed by atoms with Gasteiger partial charge in [0, 0.05) is 20.0 Å². The lowest BCUT2D eigenvalue weighted by Crippen LogP contribution is -2.43. The van der Waals surface area contributed by atoms with Gasteiger partial charge < -0.3 is 10.1 Å². The first-order valence-corrected chi connectivity index (χ1v) is 9.31. The first kappa shape index (κ1) is 18.5. The molecule has 1 aromatic rings. The van der Waals surface area contributed by atoms with Gasteiger partial charge in [0.1, 0.15) is 0 Å². The van der Waals surface area contributed by atoms with E-state index in [0.717, 1.165) is 4.31 Å². The fraction of sp³-hybridized carbons (Fsp3) is 0.500. The Kier molecular flexibility index (Phi) is 5.91. The van der Waals surface area contributed by atoms with Crippen LogP contribution in [0.15, 0.2) is 18.2 Å². The number of nitrogens with zero attached hydrogens (tertiary/aromatic N) is 1. The quantitative estimate of drug-likeness (QED) is 0.841. The van der Waals surface area contributed by atoms with Crippen molar-refractivity contribution in [2.45, 2.75) is 6.04 Å². The summed E-state index contributed by atoms with van der Waals surface area (Å²) in [6.07, 6.45) is 0. The molecule has 1 aromatic carbocycles. The fourth-order valence-corrected chi connectivity index (χ4v) is 3.82. The molecule has 1 amide bonds. The SMILES string of the molecule is CN(C)S(=O)(=O)C[C@@H]1COC[C@@H]1NC(=O)c1cccc(Cl)c1Cl. The number of carbonyl (C=O) groups excluding carboxylic acids is 1. The molecule has 1 aliphatic heterocycles. The smallest absolute Gasteiger partial charge is 0.253 e. The van der Waals surface area contributed by atoms with Crippen molar-refractivity contribution in [3.63, 3.8) is 0 Å². The molecule has 1 N–H and O–H groups in total. The molecule has 0 radical (unpaired) electrons. The summed E-state index contributed by atoms with van der Waals surface area (Å²) >= 11 is 11.9. The van der Waals surface area contributed by atoms with Crippen LogP contribution in [0, 0.1) is 5.92 Å². The van der Waals surface area contributed by atoms with E-state index < -0.39 is 22.0 Å². The molecule has 1 fully saturated rings. The number of rotatable bonds is 5. The van der Waals surface area contributed by atoms with Crippen molar-refractivity contribution < 1.29 is 17.9 Å². The predicted octanol–water partition coefficient (Wildman–Crippen LogP) is 1.63. The minimum absolute atomic E-state index is 0.0891. The first-order chi connectivity index (χ1) is 10.7. The van der Waals surface area contributed by atoms with E-state index in [2.05, 4.69) is 5.32 Å². The molecule has 2 atom stereocenters. The summed E-state index contributed by atoms with van der Waals surface area (Å²) in [4.78, 5) is 12.3. The maximum absolute atomic E-state index is 12.3. The second-order valence-corrected chi connectivity index (χ2v) is 8.55. The van der Waals surface area contributed by atoms with E-state index >= 15 is 0 Å². The number of halogens is 2. The number of ether oxygens (including phenoxy) is 1. The van der Waals surface area contributed by atoms with Crippen LogP contribution in [-0.4, -0.2) is 57.7 Å². The molecule has 9 heteroatoms. The molecule has 0 unspecified atom stereocenters. The Morgan fingerprint density at radius 3 is 2.70 bits per heavy atom. The molecule has 6 nitrogen and oxygen atoms in total. The standard InChI is InChI=1S/C14H18Cl2N2O4S/c1-18(2)23(20,21)8-9-6-22-7-12(9)17-14(19)10-4-3-5-11(15)13(10)16/h3-5,9,12H,6-8H2,1-2H3,(H,17,19)/t9-,12-/m0/s1. The predicted molar refractivity (Wildman–Crippen MR) is 89.5 cm³/mol. The summed E-state index contributed by atoms with van der Waals surface area (Å²) in [7, 11) is -0.422. The van der Waals surface area contributed by atoms with Gasteiger partial charge in [-0.05, 0) is 12.1 Å². The van der Waals surface area contributed by atoms with Crippen LogP contribution in [0.3, 0.4) is 0 Å². The van der Waals surface area contributed by atoms with Crippen molar-refractivity contribution >= 4 is 39.1 Å². The maximum Gasteiger partial charge on any atom is 0.253 e. The second kappa shape index (κ2) is 7.36. The molecule has 0 aliphatic carbocycles. The van der Waals surface area contributed by atoms with Crippen LogP contribution in [0.4, 0.5) is 0 Å². The van der Waals surface area contributed by atoms with Crippen molar-refractivity contribution in [3.05, 3.63) is 33.8 Å². The molecule has 1 heterocycles. The number of amides is 1. The Morgan fingerprint density at radius 1 is 1.35 bits per heavy atom. The van der Waals surface area contributed by atoms with Gasteiger partial charge in [0.2, 0.25) is 10.0 Å². The highest BCUT2D eigenvalue weighted by atomic mass is 35.5. The number of hydrogen-bond donors (Lipinski definition) is 1. The third-order valence-electron chi connectivity index (χ3n) is 3.69. The second-order valence-electron chi connectivity index (χ2n) is 5.54. The van der Waals surface area contributed by atoms with E-state index in [4.69, 9.17) is 27.9 Å². The molecule has 0 spiro atoms. The van der Waals surface area contributed by atoms with Crippen molar-refractivity contribution in [1.29, 1.82) is 0 Å². The zero-order valence-electron chi connectivity index (χ0n) is 12.8. The summed E-state index contributed by atoms with van der Waals surface area (Å²) in [6.45, 7) is 0.541. The Hall–Kier alpha value is -0.860. The van der Waals surface area contributed by atoms with E-state index in [0.29, 0.717) is 0 Å². The Morgan fingerprint density at radius 2 is 2.04 bits per heavy atom. The zero-order valence-corrected chi connectivity index (χ0v) is 15.1. The molecule has 0 bridgehead atoms. The van der Waals surface area contributed by atoms with E-state index in [9.17, 15) is 13.2 Å². The summed E-state index contributed by atoms with van der Waals surface area (Å²) in [5, 5.41) is 3.24. The highest BCUT2D eigenvalue weighted by Crippen LogP contribution is 2.26. The van der Waals surface area contributed by atoms with E-state index in [1.807, 2.05) is 0 Å². The number of sulfonamides is 1. The lowest BCUT2D eigenvalue weighted by atomic mass is 10.1. The van der Waals surface area contributed by atoms with Crippen LogP contribution in [0.2, 0.25) is 10.0 Å². The summed E-state index contributed by atoms with van der Waals surface area (Å²) < 4.78 is 30.5. The van der Waals surface area contributed by atoms with Crippen LogP contribution < -0.4 is 5.32 Å². The van der Waals surface area contributed by atoms with E-state index in [1.165, 1.54) is 14.1 Å². The van der Waals surface area contributed by atoms with E-state index in [-0.39, 0.29) is 40.5 Å². The minimum Gasteiger partial charge on any atom is -0.379 e. The lowest BCUT2D eigenvalue weighted by Gasteiger charge is -2.21. The summed E-state index contributed by atoms with van der Waals surface area (Å²) in [5.41, 5.74) is 0.250. The molecule has 128 valence electrons. The minimum atomic E-state index is -3.37. The average Bonchev–Trinajstić information content (AvgIpc) is 2.88. The topological polar surface area (TPSA) is 75.7 Å². The van der Waals surface area contributed by atoms with Gasteiger partial charge in [-0.1, -0.05) is 29.3 Å². The first-order valence-electron chi connectivity index (χ1n) is 6.95. The molecule has 1 aliphatic rings. The van der Waals surface area contributed by atoms with Crippen LogP contribution in [0.25, 0.3) is 0 Å². The van der Waals surface area contributed by atoms with Gasteiger partial charge >= 0.3 is 0 Å². The fourth-order valence-electron chi connectivity index (χ4n) is 2.27. The van der Waals surface area contributed by atoms with Gasteiger partial charge in [-0.25, -0.2) is 12.7 Å². The van der Waals surface area contributed by atoms with Gasteiger partial charge in [-0.3, -0.25) is 4.79 Å². The number of nitrogens with one attached hydrogen (secondary N) is 1. The summed E-state index contributed by atoms with van der Waals surface area (Å²) in [5.74, 6) is -0.807. The highest BCUT2D eigenvalue weighted by Gasteiger charge is 2.34. The van der Waals surface area contributed by atoms with Gasteiger partial charge in [0.15, 0.2) is 0 Å². The largest absolute Gasteiger partial charge is 0.379 e. The number of hydrogen-bond acceptors (Lipinski definition) is 4. The van der Waals surface area contributed by atoms with Crippen LogP contribution in [-0.2, 0) is 14.8 Å². The van der Waals surface area contributed by atoms with Crippen molar-refractivity contribution in [2.75, 3.05) is 33.1 Å². The van der Waals surface area contributed by atoms with Gasteiger partial charge in [0.25, 0.3) is 5.91 Å². The molecule has 0 saturated carbocycles. The Balaban J connectivity index is 2.09. The van der Waals surface area contributed by atoms with Crippen LogP contribution >= 0.6 is 23.2 Å². The van der Waals surface area contributed by atoms with Crippen molar-refractivity contribution in [3.8, 4) is 0 Å². The van der Waals surface area contributed by atoms with Crippen LogP contribution in [0.5, 0.6) is 0 Å². The Bertz CT molecular complexity index is 694. The molecule has 1 saturated heterocycles. The molecule has 23 heavy (non-hydrogen) atoms. The molecule has 0 aromatic heterocycles. The van der Waals surface area contributed by atoms with Crippen molar-refractivity contribution in [1.82, 2.24) is 9.62 Å². The molecule has 2 rings (SSSR count). The number of carbonyl (C=O) groups is 1. The van der Waals surface area contributed by atoms with Gasteiger partial charge in [-0.15, -0.1) is 0 Å². The van der Waals surface area contributed by atoms with Gasteiger partial charge in [-0.2, -0.15) is 0 Å². The summed E-state index contributed by atoms with van der Waals surface area (Å²) in [6, 6.07) is 4.38. The van der Waals surface area contributed by atoms with E-state index in [1.54, 1.807) is 18.2 Å². The zero-order chi connectivity index (χ0) is 17.2. The highest BCUT2D eigenvalue weighted by molar-refractivity contribution is 7.89. The normalized spacial score (nSPS) is 21.6. The maximum atomic E-state index is 12.3. The molecular formula is C14H18Cl2N2O4S. The number of benzene rings is 1.